The number of ether oxygens (including phenoxy) is 1. The first kappa shape index (κ1) is 14.7. The summed E-state index contributed by atoms with van der Waals surface area (Å²) < 4.78 is 7.18. The first-order valence-electron chi connectivity index (χ1n) is 5.56. The molecule has 0 fully saturated rings. The first-order valence-corrected chi connectivity index (χ1v) is 7.14. The van der Waals surface area contributed by atoms with Gasteiger partial charge in [-0.1, -0.05) is 15.9 Å². The Bertz CT molecular complexity index is 696. The molecule has 4 nitrogen and oxygen atoms in total. The standard InChI is InChI=1S/C14H8Br2N2O2/c15-11-4-14(13(7-19)18-6-11)20-8-10-3-9(5-17)1-2-12(10)16/h1-4,6-7H,8H2. The Hall–Kier alpha value is -1.71. The van der Waals surface area contributed by atoms with Gasteiger partial charge in [0.1, 0.15) is 18.1 Å². The zero-order valence-corrected chi connectivity index (χ0v) is 13.3. The molecule has 100 valence electrons. The minimum atomic E-state index is 0.231. The minimum absolute atomic E-state index is 0.231. The van der Waals surface area contributed by atoms with E-state index in [1.54, 1.807) is 24.3 Å². The topological polar surface area (TPSA) is 63.0 Å². The molecule has 20 heavy (non-hydrogen) atoms. The maximum Gasteiger partial charge on any atom is 0.172 e. The van der Waals surface area contributed by atoms with Crippen molar-refractivity contribution < 1.29 is 9.53 Å². The highest BCUT2D eigenvalue weighted by Crippen LogP contribution is 2.24. The van der Waals surface area contributed by atoms with Gasteiger partial charge >= 0.3 is 0 Å². The van der Waals surface area contributed by atoms with Gasteiger partial charge in [-0.15, -0.1) is 0 Å². The molecule has 2 rings (SSSR count). The van der Waals surface area contributed by atoms with Gasteiger partial charge in [0.15, 0.2) is 6.29 Å². The van der Waals surface area contributed by atoms with Crippen LogP contribution >= 0.6 is 31.9 Å². The predicted molar refractivity (Wildman–Crippen MR) is 80.5 cm³/mol. The Labute approximate surface area is 132 Å². The van der Waals surface area contributed by atoms with Crippen molar-refractivity contribution in [2.75, 3.05) is 0 Å². The third kappa shape index (κ3) is 3.44. The van der Waals surface area contributed by atoms with Gasteiger partial charge in [0.25, 0.3) is 0 Å². The first-order chi connectivity index (χ1) is 9.63. The number of rotatable bonds is 4. The van der Waals surface area contributed by atoms with Gasteiger partial charge in [0, 0.05) is 20.7 Å². The Balaban J connectivity index is 2.23. The predicted octanol–water partition coefficient (Wildman–Crippen LogP) is 3.87. The van der Waals surface area contributed by atoms with Crippen LogP contribution in [0.1, 0.15) is 21.6 Å². The van der Waals surface area contributed by atoms with Crippen LogP contribution in [-0.2, 0) is 6.61 Å². The van der Waals surface area contributed by atoms with Gasteiger partial charge in [-0.3, -0.25) is 4.79 Å². The van der Waals surface area contributed by atoms with E-state index in [0.717, 1.165) is 14.5 Å². The fraction of sp³-hybridized carbons (Fsp3) is 0.0714. The molecular weight excluding hydrogens is 388 g/mol. The van der Waals surface area contributed by atoms with Crippen molar-refractivity contribution in [3.8, 4) is 11.8 Å². The molecule has 1 aromatic carbocycles. The van der Waals surface area contributed by atoms with Crippen LogP contribution in [-0.4, -0.2) is 11.3 Å². The summed E-state index contributed by atoms with van der Waals surface area (Å²) in [6.07, 6.45) is 2.17. The molecule has 2 aromatic rings. The maximum absolute atomic E-state index is 10.9. The van der Waals surface area contributed by atoms with E-state index in [1.165, 1.54) is 6.20 Å². The minimum Gasteiger partial charge on any atom is -0.486 e. The lowest BCUT2D eigenvalue weighted by Gasteiger charge is -2.10. The molecule has 0 aliphatic heterocycles. The Morgan fingerprint density at radius 3 is 2.85 bits per heavy atom. The van der Waals surface area contributed by atoms with Crippen molar-refractivity contribution in [1.82, 2.24) is 4.98 Å². The molecular formula is C14H8Br2N2O2. The number of nitriles is 1. The largest absolute Gasteiger partial charge is 0.486 e. The van der Waals surface area contributed by atoms with Crippen molar-refractivity contribution in [2.24, 2.45) is 0 Å². The highest BCUT2D eigenvalue weighted by Gasteiger charge is 2.08. The average Bonchev–Trinajstić information content (AvgIpc) is 2.46. The summed E-state index contributed by atoms with van der Waals surface area (Å²) >= 11 is 6.68. The van der Waals surface area contributed by atoms with Crippen molar-refractivity contribution in [1.29, 1.82) is 5.26 Å². The molecule has 0 atom stereocenters. The van der Waals surface area contributed by atoms with Gasteiger partial charge < -0.3 is 4.74 Å². The molecule has 0 N–H and O–H groups in total. The van der Waals surface area contributed by atoms with E-state index < -0.39 is 0 Å². The van der Waals surface area contributed by atoms with Crippen LogP contribution in [0, 0.1) is 11.3 Å². The molecule has 0 amide bonds. The lowest BCUT2D eigenvalue weighted by Crippen LogP contribution is -2.01. The summed E-state index contributed by atoms with van der Waals surface area (Å²) in [5.41, 5.74) is 1.61. The molecule has 0 saturated heterocycles. The average molecular weight is 396 g/mol. The Morgan fingerprint density at radius 2 is 2.15 bits per heavy atom. The van der Waals surface area contributed by atoms with Gasteiger partial charge in [-0.05, 0) is 40.2 Å². The number of benzene rings is 1. The number of carbonyl (C=O) groups excluding carboxylic acids is 1. The smallest absolute Gasteiger partial charge is 0.172 e. The number of aldehydes is 1. The highest BCUT2D eigenvalue weighted by molar-refractivity contribution is 9.10. The molecule has 1 aromatic heterocycles. The van der Waals surface area contributed by atoms with Crippen LogP contribution in [0.4, 0.5) is 0 Å². The zero-order chi connectivity index (χ0) is 14.5. The van der Waals surface area contributed by atoms with Crippen LogP contribution < -0.4 is 4.74 Å². The fourth-order valence-corrected chi connectivity index (χ4v) is 2.22. The van der Waals surface area contributed by atoms with E-state index in [2.05, 4.69) is 42.9 Å². The quantitative estimate of drug-likeness (QED) is 0.737. The second-order valence-corrected chi connectivity index (χ2v) is 5.63. The van der Waals surface area contributed by atoms with E-state index in [4.69, 9.17) is 10.00 Å². The molecule has 0 spiro atoms. The lowest BCUT2D eigenvalue weighted by molar-refractivity contribution is 0.111. The van der Waals surface area contributed by atoms with Crippen molar-refractivity contribution in [2.45, 2.75) is 6.61 Å². The molecule has 0 saturated carbocycles. The molecule has 0 radical (unpaired) electrons. The number of hydrogen-bond donors (Lipinski definition) is 0. The van der Waals surface area contributed by atoms with Crippen LogP contribution in [0.3, 0.4) is 0 Å². The van der Waals surface area contributed by atoms with E-state index in [0.29, 0.717) is 17.6 Å². The number of aromatic nitrogens is 1. The normalized spacial score (nSPS) is 9.85. The molecule has 0 unspecified atom stereocenters. The number of pyridine rings is 1. The van der Waals surface area contributed by atoms with Gasteiger partial charge in [0.05, 0.1) is 11.6 Å². The highest BCUT2D eigenvalue weighted by atomic mass is 79.9. The SMILES string of the molecule is N#Cc1ccc(Br)c(COc2cc(Br)cnc2C=O)c1. The monoisotopic (exact) mass is 394 g/mol. The van der Waals surface area contributed by atoms with Crippen LogP contribution in [0.2, 0.25) is 0 Å². The summed E-state index contributed by atoms with van der Waals surface area (Å²) in [7, 11) is 0. The number of hydrogen-bond acceptors (Lipinski definition) is 4. The summed E-state index contributed by atoms with van der Waals surface area (Å²) in [5, 5.41) is 8.89. The molecule has 0 aliphatic carbocycles. The van der Waals surface area contributed by atoms with Crippen molar-refractivity contribution in [3.63, 3.8) is 0 Å². The van der Waals surface area contributed by atoms with Crippen LogP contribution in [0.25, 0.3) is 0 Å². The lowest BCUT2D eigenvalue weighted by atomic mass is 10.1. The number of nitrogens with zero attached hydrogens (tertiary/aromatic N) is 2. The second-order valence-electron chi connectivity index (χ2n) is 3.86. The van der Waals surface area contributed by atoms with Gasteiger partial charge in [-0.2, -0.15) is 5.26 Å². The summed E-state index contributed by atoms with van der Waals surface area (Å²) in [6, 6.07) is 8.99. The van der Waals surface area contributed by atoms with E-state index in [9.17, 15) is 4.79 Å². The zero-order valence-electron chi connectivity index (χ0n) is 10.1. The molecule has 0 bridgehead atoms. The maximum atomic E-state index is 10.9. The van der Waals surface area contributed by atoms with Crippen molar-refractivity contribution in [3.05, 3.63) is 56.2 Å². The Morgan fingerprint density at radius 1 is 1.35 bits per heavy atom. The third-order valence-electron chi connectivity index (χ3n) is 2.52. The number of halogens is 2. The molecule has 0 aliphatic rings. The van der Waals surface area contributed by atoms with Crippen molar-refractivity contribution >= 4 is 38.1 Å². The van der Waals surface area contributed by atoms with Crippen LogP contribution in [0.15, 0.2) is 39.4 Å². The summed E-state index contributed by atoms with van der Waals surface area (Å²) in [4.78, 5) is 14.9. The fourth-order valence-electron chi connectivity index (χ4n) is 1.55. The molecule has 1 heterocycles. The summed E-state index contributed by atoms with van der Waals surface area (Å²) in [5.74, 6) is 0.392. The Kier molecular flexibility index (Phi) is 4.88. The third-order valence-corrected chi connectivity index (χ3v) is 3.73. The van der Waals surface area contributed by atoms with Gasteiger partial charge in [-0.25, -0.2) is 4.98 Å². The second kappa shape index (κ2) is 6.64. The van der Waals surface area contributed by atoms with Crippen LogP contribution in [0.5, 0.6) is 5.75 Å². The molecule has 6 heteroatoms. The van der Waals surface area contributed by atoms with E-state index in [1.807, 2.05) is 0 Å². The van der Waals surface area contributed by atoms with Gasteiger partial charge in [0.2, 0.25) is 0 Å². The number of carbonyl (C=O) groups is 1. The summed E-state index contributed by atoms with van der Waals surface area (Å²) in [6.45, 7) is 0.231. The van der Waals surface area contributed by atoms with E-state index >= 15 is 0 Å². The van der Waals surface area contributed by atoms with E-state index in [-0.39, 0.29) is 12.3 Å².